The molecule has 0 aliphatic carbocycles. The summed E-state index contributed by atoms with van der Waals surface area (Å²) in [6.45, 7) is 0. The Morgan fingerprint density at radius 1 is 1.18 bits per heavy atom. The van der Waals surface area contributed by atoms with Crippen LogP contribution in [0.15, 0.2) is 30.5 Å². The van der Waals surface area contributed by atoms with Gasteiger partial charge in [-0.3, -0.25) is 29.2 Å². The van der Waals surface area contributed by atoms with Gasteiger partial charge in [-0.05, 0) is 36.5 Å². The minimum atomic E-state index is -4.63. The molecule has 0 bridgehead atoms. The lowest BCUT2D eigenvalue weighted by Crippen LogP contribution is -2.59. The Labute approximate surface area is 196 Å². The third-order valence-electron chi connectivity index (χ3n) is 4.88. The lowest BCUT2D eigenvalue weighted by atomic mass is 10.0. The Balaban J connectivity index is 1.95. The predicted molar refractivity (Wildman–Crippen MR) is 116 cm³/mol. The van der Waals surface area contributed by atoms with E-state index in [0.29, 0.717) is 6.20 Å². The fourth-order valence-electron chi connectivity index (χ4n) is 3.11. The van der Waals surface area contributed by atoms with Crippen LogP contribution in [0, 0.1) is 5.92 Å². The van der Waals surface area contributed by atoms with Crippen LogP contribution < -0.4 is 10.1 Å². The topological polar surface area (TPSA) is 91.8 Å². The van der Waals surface area contributed by atoms with Gasteiger partial charge in [-0.2, -0.15) is 13.2 Å². The van der Waals surface area contributed by atoms with Crippen molar-refractivity contribution in [2.24, 2.45) is 5.92 Å². The fraction of sp³-hybridized carbons (Fsp3) is 0.250. The van der Waals surface area contributed by atoms with Crippen molar-refractivity contribution in [3.63, 3.8) is 0 Å². The van der Waals surface area contributed by atoms with Gasteiger partial charge in [0, 0.05) is 31.5 Å². The maximum atomic E-state index is 12.9. The molecule has 3 amide bonds. The number of pyridine rings is 1. The van der Waals surface area contributed by atoms with E-state index in [2.05, 4.69) is 10.3 Å². The van der Waals surface area contributed by atoms with Crippen LogP contribution in [-0.2, 0) is 20.6 Å². The first-order valence-electron chi connectivity index (χ1n) is 9.18. The molecule has 0 spiro atoms. The standard InChI is InChI=1S/C20H16ClF3N4O4S/c1-27-17(30)14(18(31)28(2)19(27)33)16(29)26-10-4-5-13(32-3)11(7-10)15-12(21)6-9(8-25-15)20(22,23)24/h4-8,14H,1-3H3,(H,26,29). The third-order valence-corrected chi connectivity index (χ3v) is 5.72. The van der Waals surface area contributed by atoms with Crippen molar-refractivity contribution in [1.29, 1.82) is 0 Å². The van der Waals surface area contributed by atoms with Crippen molar-refractivity contribution in [2.75, 3.05) is 26.5 Å². The highest BCUT2D eigenvalue weighted by molar-refractivity contribution is 7.80. The Morgan fingerprint density at radius 3 is 2.30 bits per heavy atom. The van der Waals surface area contributed by atoms with Crippen molar-refractivity contribution < 1.29 is 32.3 Å². The SMILES string of the molecule is COc1ccc(NC(=O)C2C(=O)N(C)C(=S)N(C)C2=O)cc1-c1ncc(C(F)(F)F)cc1Cl. The predicted octanol–water partition coefficient (Wildman–Crippen LogP) is 3.20. The van der Waals surface area contributed by atoms with E-state index in [1.54, 1.807) is 0 Å². The molecule has 13 heteroatoms. The van der Waals surface area contributed by atoms with Gasteiger partial charge in [-0.1, -0.05) is 11.6 Å². The number of alkyl halides is 3. The zero-order valence-corrected chi connectivity index (χ0v) is 18.9. The van der Waals surface area contributed by atoms with Gasteiger partial charge in [0.15, 0.2) is 11.0 Å². The highest BCUT2D eigenvalue weighted by Gasteiger charge is 2.45. The Hall–Kier alpha value is -3.25. The molecule has 1 aromatic carbocycles. The molecule has 0 atom stereocenters. The first-order chi connectivity index (χ1) is 15.4. The molecule has 1 aliphatic heterocycles. The number of nitrogens with zero attached hydrogens (tertiary/aromatic N) is 3. The third kappa shape index (κ3) is 4.62. The monoisotopic (exact) mass is 500 g/mol. The molecule has 174 valence electrons. The normalized spacial score (nSPS) is 15.2. The van der Waals surface area contributed by atoms with E-state index in [1.807, 2.05) is 0 Å². The van der Waals surface area contributed by atoms with E-state index >= 15 is 0 Å². The molecule has 1 N–H and O–H groups in total. The summed E-state index contributed by atoms with van der Waals surface area (Å²) in [4.78, 5) is 43.5. The van der Waals surface area contributed by atoms with E-state index in [-0.39, 0.29) is 32.8 Å². The molecule has 2 heterocycles. The van der Waals surface area contributed by atoms with Crippen LogP contribution in [0.25, 0.3) is 11.3 Å². The highest BCUT2D eigenvalue weighted by Crippen LogP contribution is 2.38. The van der Waals surface area contributed by atoms with Crippen molar-refractivity contribution in [1.82, 2.24) is 14.8 Å². The largest absolute Gasteiger partial charge is 0.496 e. The van der Waals surface area contributed by atoms with Crippen LogP contribution >= 0.6 is 23.8 Å². The summed E-state index contributed by atoms with van der Waals surface area (Å²) in [5, 5.41) is 2.13. The average Bonchev–Trinajstić information content (AvgIpc) is 2.75. The lowest BCUT2D eigenvalue weighted by molar-refractivity contribution is -0.149. The average molecular weight is 501 g/mol. The zero-order valence-electron chi connectivity index (χ0n) is 17.4. The number of carbonyl (C=O) groups excluding carboxylic acids is 3. The van der Waals surface area contributed by atoms with E-state index in [1.165, 1.54) is 39.4 Å². The maximum Gasteiger partial charge on any atom is 0.417 e. The Bertz CT molecular complexity index is 1150. The molecule has 33 heavy (non-hydrogen) atoms. The molecule has 0 unspecified atom stereocenters. The first kappa shape index (κ1) is 24.4. The summed E-state index contributed by atoms with van der Waals surface area (Å²) in [5.74, 6) is -3.93. The molecular formula is C20H16ClF3N4O4S. The number of ether oxygens (including phenoxy) is 1. The minimum absolute atomic E-state index is 0.0211. The number of thiocarbonyl (C=S) groups is 1. The molecule has 1 fully saturated rings. The van der Waals surface area contributed by atoms with Crippen LogP contribution in [0.3, 0.4) is 0 Å². The molecule has 1 saturated heterocycles. The van der Waals surface area contributed by atoms with Crippen LogP contribution in [-0.4, -0.2) is 58.8 Å². The number of halogens is 4. The van der Waals surface area contributed by atoms with Gasteiger partial charge >= 0.3 is 6.18 Å². The molecule has 2 aromatic rings. The summed E-state index contributed by atoms with van der Waals surface area (Å²) in [7, 11) is 4.03. The number of carbonyl (C=O) groups is 3. The molecule has 0 radical (unpaired) electrons. The smallest absolute Gasteiger partial charge is 0.417 e. The number of methoxy groups -OCH3 is 1. The number of hydrogen-bond acceptors (Lipinski definition) is 6. The summed E-state index contributed by atoms with van der Waals surface area (Å²) in [6.07, 6.45) is -4.00. The first-order valence-corrected chi connectivity index (χ1v) is 9.96. The summed E-state index contributed by atoms with van der Waals surface area (Å²) in [6, 6.07) is 4.93. The number of nitrogens with one attached hydrogen (secondary N) is 1. The summed E-state index contributed by atoms with van der Waals surface area (Å²) in [5.41, 5.74) is -0.731. The van der Waals surface area contributed by atoms with Crippen molar-refractivity contribution in [3.8, 4) is 17.0 Å². The van der Waals surface area contributed by atoms with Crippen molar-refractivity contribution in [2.45, 2.75) is 6.18 Å². The van der Waals surface area contributed by atoms with Crippen LogP contribution in [0.4, 0.5) is 18.9 Å². The van der Waals surface area contributed by atoms with Gasteiger partial charge in [-0.25, -0.2) is 0 Å². The molecule has 8 nitrogen and oxygen atoms in total. The van der Waals surface area contributed by atoms with Gasteiger partial charge < -0.3 is 10.1 Å². The van der Waals surface area contributed by atoms with Gasteiger partial charge in [0.25, 0.3) is 11.8 Å². The zero-order chi connectivity index (χ0) is 24.7. The van der Waals surface area contributed by atoms with Gasteiger partial charge in [0.2, 0.25) is 5.91 Å². The van der Waals surface area contributed by atoms with E-state index in [9.17, 15) is 27.6 Å². The van der Waals surface area contributed by atoms with Gasteiger partial charge in [-0.15, -0.1) is 0 Å². The van der Waals surface area contributed by atoms with Crippen molar-refractivity contribution >= 4 is 52.3 Å². The quantitative estimate of drug-likeness (QED) is 0.512. The molecular weight excluding hydrogens is 485 g/mol. The summed E-state index contributed by atoms with van der Waals surface area (Å²) >= 11 is 11.0. The second-order valence-corrected chi connectivity index (χ2v) is 7.74. The number of aromatic nitrogens is 1. The Kier molecular flexibility index (Phi) is 6.61. The Morgan fingerprint density at radius 2 is 1.79 bits per heavy atom. The van der Waals surface area contributed by atoms with Gasteiger partial charge in [0.1, 0.15) is 5.75 Å². The number of benzene rings is 1. The number of rotatable bonds is 4. The minimum Gasteiger partial charge on any atom is -0.496 e. The lowest BCUT2D eigenvalue weighted by Gasteiger charge is -2.34. The summed E-state index contributed by atoms with van der Waals surface area (Å²) < 4.78 is 44.0. The molecule has 3 rings (SSSR count). The number of amides is 3. The highest BCUT2D eigenvalue weighted by atomic mass is 35.5. The number of hydrogen-bond donors (Lipinski definition) is 1. The molecule has 0 saturated carbocycles. The second kappa shape index (κ2) is 8.94. The number of anilines is 1. The van der Waals surface area contributed by atoms with E-state index < -0.39 is 35.4 Å². The fourth-order valence-corrected chi connectivity index (χ4v) is 3.56. The maximum absolute atomic E-state index is 12.9. The second-order valence-electron chi connectivity index (χ2n) is 6.97. The van der Waals surface area contributed by atoms with Crippen molar-refractivity contribution in [3.05, 3.63) is 41.0 Å². The molecule has 1 aromatic heterocycles. The van der Waals surface area contributed by atoms with E-state index in [0.717, 1.165) is 15.9 Å². The van der Waals surface area contributed by atoms with Gasteiger partial charge in [0.05, 0.1) is 23.4 Å². The van der Waals surface area contributed by atoms with Crippen LogP contribution in [0.2, 0.25) is 5.02 Å². The van der Waals surface area contributed by atoms with Crippen LogP contribution in [0.5, 0.6) is 5.75 Å². The van der Waals surface area contributed by atoms with Crippen LogP contribution in [0.1, 0.15) is 5.56 Å². The molecule has 1 aliphatic rings. The van der Waals surface area contributed by atoms with E-state index in [4.69, 9.17) is 28.6 Å².